The van der Waals surface area contributed by atoms with E-state index in [4.69, 9.17) is 4.74 Å². The zero-order valence-corrected chi connectivity index (χ0v) is 4.13. The minimum absolute atomic E-state index is 0.579. The summed E-state index contributed by atoms with van der Waals surface area (Å²) in [6.45, 7) is 0.981. The van der Waals surface area contributed by atoms with Crippen molar-refractivity contribution in [3.63, 3.8) is 0 Å². The van der Waals surface area contributed by atoms with Gasteiger partial charge in [0.15, 0.2) is 0 Å². The Hall–Kier alpha value is -0.113. The van der Waals surface area contributed by atoms with Gasteiger partial charge in [-0.25, -0.2) is 0 Å². The van der Waals surface area contributed by atoms with Crippen molar-refractivity contribution in [1.29, 1.82) is 0 Å². The lowest BCUT2D eigenvalue weighted by molar-refractivity contribution is 0.360. The lowest BCUT2D eigenvalue weighted by Crippen LogP contribution is -1.74. The molecule has 0 atom stereocenters. The minimum atomic E-state index is 0.579. The highest BCUT2D eigenvalue weighted by atomic mass is 28.2. The zero-order chi connectivity index (χ0) is 3.54. The fourth-order valence-electron chi connectivity index (χ4n) is 0.340. The van der Waals surface area contributed by atoms with Crippen LogP contribution in [0.15, 0.2) is 0 Å². The molecule has 5 heavy (non-hydrogen) atoms. The van der Waals surface area contributed by atoms with Crippen molar-refractivity contribution >= 4 is 15.0 Å². The van der Waals surface area contributed by atoms with Gasteiger partial charge in [0.1, 0.15) is 0 Å². The molecular weight excluding hydrogens is 80.1 g/mol. The Morgan fingerprint density at radius 2 is 2.80 bits per heavy atom. The van der Waals surface area contributed by atoms with Gasteiger partial charge in [-0.3, -0.25) is 0 Å². The molecule has 0 fully saturated rings. The molecular formula is C3H6OSi. The molecule has 0 radical (unpaired) electrons. The molecule has 0 saturated carbocycles. The van der Waals surface area contributed by atoms with Gasteiger partial charge >= 0.3 is 0 Å². The van der Waals surface area contributed by atoms with Crippen LogP contribution in [-0.4, -0.2) is 21.6 Å². The fourth-order valence-corrected chi connectivity index (χ4v) is 1.02. The van der Waals surface area contributed by atoms with Crippen LogP contribution in [0.1, 0.15) is 0 Å². The predicted octanol–water partition coefficient (Wildman–Crippen LogP) is -0.369. The van der Waals surface area contributed by atoms with Crippen molar-refractivity contribution in [1.82, 2.24) is 0 Å². The van der Waals surface area contributed by atoms with E-state index in [1.165, 1.54) is 6.04 Å². The number of hydrogen-bond donors (Lipinski definition) is 0. The SMILES string of the molecule is C1=[SiH]CCO1. The first-order valence-corrected chi connectivity index (χ1v) is 3.25. The molecule has 1 nitrogen and oxygen atoms in total. The highest BCUT2D eigenvalue weighted by Gasteiger charge is 1.84. The molecule has 1 heterocycles. The molecule has 0 N–H and O–H groups in total. The fraction of sp³-hybridized carbons (Fsp3) is 0.667. The Bertz CT molecular complexity index is 44.9. The molecule has 0 saturated heterocycles. The van der Waals surface area contributed by atoms with Crippen molar-refractivity contribution in [3.05, 3.63) is 0 Å². The van der Waals surface area contributed by atoms with E-state index >= 15 is 0 Å². The molecule has 0 unspecified atom stereocenters. The summed E-state index contributed by atoms with van der Waals surface area (Å²) in [4.78, 5) is 0. The van der Waals surface area contributed by atoms with Crippen LogP contribution in [0.5, 0.6) is 0 Å². The van der Waals surface area contributed by atoms with Crippen LogP contribution in [0.4, 0.5) is 0 Å². The molecule has 0 amide bonds. The van der Waals surface area contributed by atoms with Crippen molar-refractivity contribution in [2.45, 2.75) is 6.04 Å². The van der Waals surface area contributed by atoms with Gasteiger partial charge in [-0.15, -0.1) is 0 Å². The van der Waals surface area contributed by atoms with Gasteiger partial charge in [-0.2, -0.15) is 0 Å². The molecule has 0 aromatic rings. The maximum Gasteiger partial charge on any atom is 0.0870 e. The average molecular weight is 86.2 g/mol. The summed E-state index contributed by atoms with van der Waals surface area (Å²) in [6, 6.07) is 1.31. The van der Waals surface area contributed by atoms with E-state index in [2.05, 4.69) is 0 Å². The van der Waals surface area contributed by atoms with E-state index in [-0.39, 0.29) is 0 Å². The molecule has 0 aliphatic carbocycles. The van der Waals surface area contributed by atoms with Gasteiger partial charge < -0.3 is 4.74 Å². The van der Waals surface area contributed by atoms with E-state index in [0.717, 1.165) is 6.61 Å². The highest BCUT2D eigenvalue weighted by Crippen LogP contribution is 1.80. The summed E-state index contributed by atoms with van der Waals surface area (Å²) in [5.41, 5.74) is 0. The summed E-state index contributed by atoms with van der Waals surface area (Å²) >= 11 is 0. The summed E-state index contributed by atoms with van der Waals surface area (Å²) in [5, 5.41) is 0. The summed E-state index contributed by atoms with van der Waals surface area (Å²) in [5.74, 6) is 1.94. The van der Waals surface area contributed by atoms with Gasteiger partial charge in [0.2, 0.25) is 0 Å². The topological polar surface area (TPSA) is 9.23 Å². The Labute approximate surface area is 33.4 Å². The molecule has 1 aliphatic rings. The number of rotatable bonds is 0. The van der Waals surface area contributed by atoms with Crippen LogP contribution in [0.25, 0.3) is 0 Å². The lowest BCUT2D eigenvalue weighted by atomic mass is 10.9. The third-order valence-electron chi connectivity index (χ3n) is 0.595. The molecule has 1 rings (SSSR count). The van der Waals surface area contributed by atoms with E-state index < -0.39 is 0 Å². The molecule has 0 spiro atoms. The average Bonchev–Trinajstić information content (AvgIpc) is 1.76. The molecule has 0 aromatic carbocycles. The van der Waals surface area contributed by atoms with Gasteiger partial charge in [-0.05, 0) is 6.04 Å². The molecule has 28 valence electrons. The lowest BCUT2D eigenvalue weighted by Gasteiger charge is -1.80. The van der Waals surface area contributed by atoms with Crippen molar-refractivity contribution in [2.75, 3.05) is 6.61 Å². The largest absolute Gasteiger partial charge is 0.507 e. The predicted molar refractivity (Wildman–Crippen MR) is 24.0 cm³/mol. The normalized spacial score (nSPS) is 19.2. The monoisotopic (exact) mass is 86.0 g/mol. The summed E-state index contributed by atoms with van der Waals surface area (Å²) in [6.07, 6.45) is 0. The van der Waals surface area contributed by atoms with Crippen molar-refractivity contribution in [2.24, 2.45) is 0 Å². The van der Waals surface area contributed by atoms with E-state index in [9.17, 15) is 0 Å². The second-order valence-electron chi connectivity index (χ2n) is 1.03. The second kappa shape index (κ2) is 1.36. The Morgan fingerprint density at radius 3 is 3.00 bits per heavy atom. The van der Waals surface area contributed by atoms with Crippen molar-refractivity contribution in [3.8, 4) is 0 Å². The van der Waals surface area contributed by atoms with Gasteiger partial charge in [0.25, 0.3) is 0 Å². The van der Waals surface area contributed by atoms with Crippen LogP contribution in [-0.2, 0) is 4.74 Å². The van der Waals surface area contributed by atoms with Crippen LogP contribution in [0.3, 0.4) is 0 Å². The summed E-state index contributed by atoms with van der Waals surface area (Å²) in [7, 11) is 0.579. The second-order valence-corrected chi connectivity index (χ2v) is 2.35. The Morgan fingerprint density at radius 1 is 1.80 bits per heavy atom. The molecule has 0 bridgehead atoms. The summed E-state index contributed by atoms with van der Waals surface area (Å²) < 4.78 is 4.86. The van der Waals surface area contributed by atoms with E-state index in [0.29, 0.717) is 9.13 Å². The zero-order valence-electron chi connectivity index (χ0n) is 2.98. The first-order chi connectivity index (χ1) is 2.50. The maximum atomic E-state index is 4.86. The Balaban J connectivity index is 2.32. The van der Waals surface area contributed by atoms with Gasteiger partial charge in [-0.1, -0.05) is 0 Å². The van der Waals surface area contributed by atoms with Crippen LogP contribution >= 0.6 is 0 Å². The van der Waals surface area contributed by atoms with Crippen LogP contribution in [0, 0.1) is 0 Å². The number of hydrogen-bond acceptors (Lipinski definition) is 1. The van der Waals surface area contributed by atoms with E-state index in [1.54, 1.807) is 0 Å². The first-order valence-electron chi connectivity index (χ1n) is 1.77. The third kappa shape index (κ3) is 0.579. The highest BCUT2D eigenvalue weighted by molar-refractivity contribution is 6.46. The maximum absolute atomic E-state index is 4.86. The molecule has 2 heteroatoms. The van der Waals surface area contributed by atoms with Crippen LogP contribution < -0.4 is 0 Å². The van der Waals surface area contributed by atoms with Crippen molar-refractivity contribution < 1.29 is 4.74 Å². The van der Waals surface area contributed by atoms with Gasteiger partial charge in [0, 0.05) is 9.13 Å². The Kier molecular flexibility index (Phi) is 0.839. The minimum Gasteiger partial charge on any atom is -0.507 e. The van der Waals surface area contributed by atoms with Gasteiger partial charge in [0.05, 0.1) is 12.5 Å². The third-order valence-corrected chi connectivity index (χ3v) is 1.55. The molecule has 1 aliphatic heterocycles. The quantitative estimate of drug-likeness (QED) is 0.365. The first kappa shape index (κ1) is 3.09. The standard InChI is InChI=1S/C3H6OSi/c1-2-5-3-4-1/h3,5H,1-2H2. The smallest absolute Gasteiger partial charge is 0.0870 e. The number of ether oxygens (including phenoxy) is 1. The molecule has 0 aromatic heterocycles. The van der Waals surface area contributed by atoms with E-state index in [1.807, 2.05) is 5.86 Å². The van der Waals surface area contributed by atoms with Crippen LogP contribution in [0.2, 0.25) is 6.04 Å².